The van der Waals surface area contributed by atoms with Crippen molar-refractivity contribution in [3.63, 3.8) is 0 Å². The summed E-state index contributed by atoms with van der Waals surface area (Å²) < 4.78 is 0. The summed E-state index contributed by atoms with van der Waals surface area (Å²) in [6.07, 6.45) is 0.987. The molecule has 0 aromatic heterocycles. The van der Waals surface area contributed by atoms with Crippen molar-refractivity contribution < 1.29 is 5.11 Å². The van der Waals surface area contributed by atoms with Gasteiger partial charge in [-0.1, -0.05) is 0 Å². The van der Waals surface area contributed by atoms with E-state index < -0.39 is 0 Å². The van der Waals surface area contributed by atoms with Gasteiger partial charge in [0.05, 0.1) is 6.61 Å². The Kier molecular flexibility index (Phi) is 5.46. The zero-order chi connectivity index (χ0) is 8.85. The number of nitrogens with zero attached hydrogens (tertiary/aromatic N) is 1. The fourth-order valence-corrected chi connectivity index (χ4v) is 1.01. The van der Waals surface area contributed by atoms with Crippen LogP contribution in [-0.2, 0) is 0 Å². The Morgan fingerprint density at radius 1 is 1.36 bits per heavy atom. The highest BCUT2D eigenvalue weighted by Gasteiger charge is 2.13. The molecule has 0 saturated carbocycles. The zero-order valence-electron chi connectivity index (χ0n) is 7.75. The topological polar surface area (TPSA) is 49.5 Å². The van der Waals surface area contributed by atoms with Gasteiger partial charge in [0.1, 0.15) is 0 Å². The van der Waals surface area contributed by atoms with Gasteiger partial charge in [0.25, 0.3) is 0 Å². The van der Waals surface area contributed by atoms with Crippen LogP contribution in [0.2, 0.25) is 0 Å². The SMILES string of the molecule is CC(CO)N(C)C(C)CCN. The number of likely N-dealkylation sites (N-methyl/N-ethyl adjacent to an activating group) is 1. The van der Waals surface area contributed by atoms with Crippen LogP contribution in [0.25, 0.3) is 0 Å². The van der Waals surface area contributed by atoms with E-state index in [0.717, 1.165) is 6.42 Å². The molecule has 0 aliphatic carbocycles. The summed E-state index contributed by atoms with van der Waals surface area (Å²) in [5.74, 6) is 0. The maximum Gasteiger partial charge on any atom is 0.0584 e. The lowest BCUT2D eigenvalue weighted by atomic mass is 10.2. The van der Waals surface area contributed by atoms with Gasteiger partial charge in [-0.05, 0) is 33.9 Å². The number of aliphatic hydroxyl groups is 1. The molecule has 11 heavy (non-hydrogen) atoms. The minimum atomic E-state index is 0.214. The first kappa shape index (κ1) is 10.9. The first-order valence-corrected chi connectivity index (χ1v) is 4.16. The van der Waals surface area contributed by atoms with Gasteiger partial charge in [0, 0.05) is 12.1 Å². The van der Waals surface area contributed by atoms with Crippen molar-refractivity contribution in [1.29, 1.82) is 0 Å². The maximum atomic E-state index is 8.85. The highest BCUT2D eigenvalue weighted by atomic mass is 16.3. The Hall–Kier alpha value is -0.120. The molecule has 0 radical (unpaired) electrons. The van der Waals surface area contributed by atoms with Gasteiger partial charge in [-0.15, -0.1) is 0 Å². The summed E-state index contributed by atoms with van der Waals surface area (Å²) >= 11 is 0. The van der Waals surface area contributed by atoms with E-state index >= 15 is 0 Å². The Morgan fingerprint density at radius 2 is 1.91 bits per heavy atom. The van der Waals surface area contributed by atoms with Crippen molar-refractivity contribution in [2.75, 3.05) is 20.2 Å². The summed E-state index contributed by atoms with van der Waals surface area (Å²) in [6, 6.07) is 0.693. The van der Waals surface area contributed by atoms with Gasteiger partial charge in [-0.25, -0.2) is 0 Å². The third-order valence-electron chi connectivity index (χ3n) is 2.24. The molecule has 0 aliphatic heterocycles. The molecular weight excluding hydrogens is 140 g/mol. The fourth-order valence-electron chi connectivity index (χ4n) is 1.01. The van der Waals surface area contributed by atoms with E-state index in [4.69, 9.17) is 10.8 Å². The molecule has 0 rings (SSSR count). The third-order valence-corrected chi connectivity index (χ3v) is 2.24. The van der Waals surface area contributed by atoms with Crippen LogP contribution in [0.4, 0.5) is 0 Å². The van der Waals surface area contributed by atoms with Crippen molar-refractivity contribution in [3.05, 3.63) is 0 Å². The molecule has 3 nitrogen and oxygen atoms in total. The largest absolute Gasteiger partial charge is 0.395 e. The molecule has 0 fully saturated rings. The van der Waals surface area contributed by atoms with Crippen LogP contribution in [0, 0.1) is 0 Å². The monoisotopic (exact) mass is 160 g/mol. The van der Waals surface area contributed by atoms with Gasteiger partial charge in [-0.3, -0.25) is 4.90 Å². The lowest BCUT2D eigenvalue weighted by Crippen LogP contribution is -2.39. The first-order valence-electron chi connectivity index (χ1n) is 4.16. The molecule has 68 valence electrons. The average Bonchev–Trinajstić information content (AvgIpc) is 2.02. The van der Waals surface area contributed by atoms with E-state index in [9.17, 15) is 0 Å². The average molecular weight is 160 g/mol. The highest BCUT2D eigenvalue weighted by Crippen LogP contribution is 2.04. The lowest BCUT2D eigenvalue weighted by Gasteiger charge is -2.29. The molecule has 3 heteroatoms. The number of nitrogens with two attached hydrogens (primary N) is 1. The van der Waals surface area contributed by atoms with Crippen LogP contribution < -0.4 is 5.73 Å². The highest BCUT2D eigenvalue weighted by molar-refractivity contribution is 4.69. The second kappa shape index (κ2) is 5.52. The molecule has 0 heterocycles. The van der Waals surface area contributed by atoms with Crippen LogP contribution in [0.3, 0.4) is 0 Å². The first-order chi connectivity index (χ1) is 5.13. The van der Waals surface area contributed by atoms with Crippen LogP contribution in [0.1, 0.15) is 20.3 Å². The smallest absolute Gasteiger partial charge is 0.0584 e. The molecule has 2 unspecified atom stereocenters. The summed E-state index contributed by atoms with van der Waals surface area (Å²) in [5, 5.41) is 8.85. The molecule has 0 amide bonds. The predicted octanol–water partition coefficient (Wildman–Crippen LogP) is 0.0363. The molecule has 0 saturated heterocycles. The lowest BCUT2D eigenvalue weighted by molar-refractivity contribution is 0.124. The quantitative estimate of drug-likeness (QED) is 0.597. The normalized spacial score (nSPS) is 16.9. The molecular formula is C8H20N2O. The van der Waals surface area contributed by atoms with E-state index in [0.29, 0.717) is 12.6 Å². The molecule has 2 atom stereocenters. The zero-order valence-corrected chi connectivity index (χ0v) is 7.75. The summed E-state index contributed by atoms with van der Waals surface area (Å²) in [4.78, 5) is 2.15. The van der Waals surface area contributed by atoms with Crippen LogP contribution in [0.15, 0.2) is 0 Å². The fraction of sp³-hybridized carbons (Fsp3) is 1.00. The molecule has 3 N–H and O–H groups in total. The molecule has 0 aliphatic rings. The van der Waals surface area contributed by atoms with E-state index in [2.05, 4.69) is 11.8 Å². The Morgan fingerprint density at radius 3 is 2.27 bits per heavy atom. The Labute approximate surface area is 69.2 Å². The minimum Gasteiger partial charge on any atom is -0.395 e. The van der Waals surface area contributed by atoms with Gasteiger partial charge in [0.2, 0.25) is 0 Å². The van der Waals surface area contributed by atoms with Crippen molar-refractivity contribution >= 4 is 0 Å². The van der Waals surface area contributed by atoms with Crippen molar-refractivity contribution in [1.82, 2.24) is 4.90 Å². The number of aliphatic hydroxyl groups excluding tert-OH is 1. The standard InChI is InChI=1S/C8H20N2O/c1-7(4-5-9)10(3)8(2)6-11/h7-8,11H,4-6,9H2,1-3H3. The molecule has 0 aromatic rings. The Bertz CT molecular complexity index is 98.1. The van der Waals surface area contributed by atoms with E-state index in [1.165, 1.54) is 0 Å². The van der Waals surface area contributed by atoms with Gasteiger partial charge in [-0.2, -0.15) is 0 Å². The minimum absolute atomic E-state index is 0.214. The summed E-state index contributed by atoms with van der Waals surface area (Å²) in [7, 11) is 2.02. The summed E-state index contributed by atoms with van der Waals surface area (Å²) in [6.45, 7) is 5.06. The van der Waals surface area contributed by atoms with Crippen LogP contribution in [-0.4, -0.2) is 42.3 Å². The maximum absolute atomic E-state index is 8.85. The van der Waals surface area contributed by atoms with Gasteiger partial charge in [0.15, 0.2) is 0 Å². The van der Waals surface area contributed by atoms with E-state index in [1.54, 1.807) is 0 Å². The van der Waals surface area contributed by atoms with Crippen LogP contribution >= 0.6 is 0 Å². The molecule has 0 bridgehead atoms. The van der Waals surface area contributed by atoms with Crippen LogP contribution in [0.5, 0.6) is 0 Å². The van der Waals surface area contributed by atoms with Crippen molar-refractivity contribution in [2.24, 2.45) is 5.73 Å². The van der Waals surface area contributed by atoms with Gasteiger partial charge >= 0.3 is 0 Å². The van der Waals surface area contributed by atoms with Gasteiger partial charge < -0.3 is 10.8 Å². The van der Waals surface area contributed by atoms with Crippen molar-refractivity contribution in [3.8, 4) is 0 Å². The molecule has 0 aromatic carbocycles. The van der Waals surface area contributed by atoms with E-state index in [1.807, 2.05) is 14.0 Å². The predicted molar refractivity (Wildman–Crippen MR) is 47.4 cm³/mol. The second-order valence-corrected chi connectivity index (χ2v) is 3.12. The summed E-state index contributed by atoms with van der Waals surface area (Å²) in [5.41, 5.74) is 5.42. The second-order valence-electron chi connectivity index (χ2n) is 3.12. The Balaban J connectivity index is 3.70. The number of rotatable bonds is 5. The number of hydrogen-bond donors (Lipinski definition) is 2. The van der Waals surface area contributed by atoms with Crippen molar-refractivity contribution in [2.45, 2.75) is 32.4 Å². The number of hydrogen-bond acceptors (Lipinski definition) is 3. The third kappa shape index (κ3) is 3.70. The molecule has 0 spiro atoms. The van der Waals surface area contributed by atoms with E-state index in [-0.39, 0.29) is 12.6 Å².